The summed E-state index contributed by atoms with van der Waals surface area (Å²) in [4.78, 5) is 38.5. The quantitative estimate of drug-likeness (QED) is 0.670. The molecule has 7 nitrogen and oxygen atoms in total. The van der Waals surface area contributed by atoms with Crippen molar-refractivity contribution in [1.29, 1.82) is 0 Å². The zero-order valence-corrected chi connectivity index (χ0v) is 16.4. The summed E-state index contributed by atoms with van der Waals surface area (Å²) in [6.07, 6.45) is 0.614. The highest BCUT2D eigenvalue weighted by atomic mass is 19.1. The summed E-state index contributed by atoms with van der Waals surface area (Å²) in [5.74, 6) is -1.99. The summed E-state index contributed by atoms with van der Waals surface area (Å²) in [6, 6.07) is 10.3. The lowest BCUT2D eigenvalue weighted by atomic mass is 10.2. The van der Waals surface area contributed by atoms with E-state index in [4.69, 9.17) is 0 Å². The molecule has 0 fully saturated rings. The van der Waals surface area contributed by atoms with Crippen LogP contribution in [0.15, 0.2) is 58.1 Å². The van der Waals surface area contributed by atoms with Crippen LogP contribution >= 0.6 is 0 Å². The Labute approximate surface area is 170 Å². The van der Waals surface area contributed by atoms with E-state index in [0.717, 1.165) is 10.6 Å². The van der Waals surface area contributed by atoms with Crippen molar-refractivity contribution in [2.45, 2.75) is 32.9 Å². The first kappa shape index (κ1) is 21.1. The van der Waals surface area contributed by atoms with E-state index in [0.29, 0.717) is 16.7 Å². The van der Waals surface area contributed by atoms with Crippen LogP contribution in [0.2, 0.25) is 0 Å². The summed E-state index contributed by atoms with van der Waals surface area (Å²) >= 11 is 0. The van der Waals surface area contributed by atoms with Gasteiger partial charge in [-0.25, -0.2) is 13.6 Å². The first-order valence-corrected chi connectivity index (χ1v) is 9.36. The number of carbonyl (C=O) groups is 1. The third-order valence-corrected chi connectivity index (χ3v) is 4.60. The van der Waals surface area contributed by atoms with Crippen LogP contribution in [0, 0.1) is 11.6 Å². The number of rotatable bonds is 6. The standard InChI is InChI=1S/C21H20F2N4O3/c1-3-13(2)24-19(28)18-20(29)26(12-14-8-10-15(22)11-9-14)21(30)27(25-18)17-7-5-4-6-16(17)23/h4-11,13H,3,12H2,1-2H3,(H,24,28). The Bertz CT molecular complexity index is 1190. The Balaban J connectivity index is 2.20. The molecule has 0 radical (unpaired) electrons. The van der Waals surface area contributed by atoms with Crippen LogP contribution in [0.3, 0.4) is 0 Å². The van der Waals surface area contributed by atoms with Crippen molar-refractivity contribution in [3.05, 3.63) is 92.3 Å². The van der Waals surface area contributed by atoms with Crippen molar-refractivity contribution in [2.75, 3.05) is 0 Å². The smallest absolute Gasteiger partial charge is 0.348 e. The molecule has 2 aromatic carbocycles. The topological polar surface area (TPSA) is 86.0 Å². The average molecular weight is 414 g/mol. The van der Waals surface area contributed by atoms with Gasteiger partial charge in [0.25, 0.3) is 11.5 Å². The molecular weight excluding hydrogens is 394 g/mol. The highest BCUT2D eigenvalue weighted by Crippen LogP contribution is 2.09. The Morgan fingerprint density at radius 2 is 1.77 bits per heavy atom. The lowest BCUT2D eigenvalue weighted by Crippen LogP contribution is -2.47. The molecule has 0 aliphatic rings. The molecule has 3 aromatic rings. The molecule has 3 rings (SSSR count). The van der Waals surface area contributed by atoms with Gasteiger partial charge in [-0.2, -0.15) is 9.78 Å². The molecule has 0 bridgehead atoms. The van der Waals surface area contributed by atoms with Gasteiger partial charge in [-0.1, -0.05) is 31.2 Å². The molecule has 1 unspecified atom stereocenters. The van der Waals surface area contributed by atoms with Crippen molar-refractivity contribution >= 4 is 5.91 Å². The molecule has 1 atom stereocenters. The fraction of sp³-hybridized carbons (Fsp3) is 0.238. The Kier molecular flexibility index (Phi) is 6.20. The second kappa shape index (κ2) is 8.81. The van der Waals surface area contributed by atoms with E-state index in [-0.39, 0.29) is 18.3 Å². The van der Waals surface area contributed by atoms with Crippen LogP contribution in [0.5, 0.6) is 0 Å². The summed E-state index contributed by atoms with van der Waals surface area (Å²) in [7, 11) is 0. The van der Waals surface area contributed by atoms with Gasteiger partial charge in [0.15, 0.2) is 0 Å². The van der Waals surface area contributed by atoms with Gasteiger partial charge in [-0.05, 0) is 43.2 Å². The van der Waals surface area contributed by atoms with Crippen molar-refractivity contribution in [1.82, 2.24) is 19.7 Å². The molecule has 1 amide bonds. The Hall–Kier alpha value is -3.62. The van der Waals surface area contributed by atoms with E-state index < -0.39 is 34.5 Å². The number of benzene rings is 2. The SMILES string of the molecule is CCC(C)NC(=O)c1nn(-c2ccccc2F)c(=O)n(Cc2ccc(F)cc2)c1=O. The summed E-state index contributed by atoms with van der Waals surface area (Å²) in [5, 5.41) is 6.49. The number of nitrogens with zero attached hydrogens (tertiary/aromatic N) is 3. The molecule has 1 aromatic heterocycles. The minimum atomic E-state index is -0.922. The average Bonchev–Trinajstić information content (AvgIpc) is 2.73. The van der Waals surface area contributed by atoms with Gasteiger partial charge < -0.3 is 5.32 Å². The molecule has 0 aliphatic carbocycles. The van der Waals surface area contributed by atoms with Crippen molar-refractivity contribution in [3.63, 3.8) is 0 Å². The fourth-order valence-electron chi connectivity index (χ4n) is 2.74. The zero-order chi connectivity index (χ0) is 21.8. The minimum absolute atomic E-state index is 0.201. The van der Waals surface area contributed by atoms with Crippen LogP contribution in [-0.4, -0.2) is 26.3 Å². The van der Waals surface area contributed by atoms with Gasteiger partial charge in [0.1, 0.15) is 17.3 Å². The van der Waals surface area contributed by atoms with Crippen LogP contribution < -0.4 is 16.6 Å². The lowest BCUT2D eigenvalue weighted by molar-refractivity contribution is 0.0929. The second-order valence-electron chi connectivity index (χ2n) is 6.79. The number of carbonyl (C=O) groups excluding carboxylic acids is 1. The van der Waals surface area contributed by atoms with E-state index >= 15 is 0 Å². The van der Waals surface area contributed by atoms with E-state index in [1.54, 1.807) is 6.92 Å². The summed E-state index contributed by atoms with van der Waals surface area (Å²) in [6.45, 7) is 3.37. The predicted octanol–water partition coefficient (Wildman–Crippen LogP) is 2.25. The molecular formula is C21H20F2N4O3. The van der Waals surface area contributed by atoms with Crippen LogP contribution in [0.4, 0.5) is 8.78 Å². The minimum Gasteiger partial charge on any atom is -0.348 e. The molecule has 0 aliphatic heterocycles. The first-order chi connectivity index (χ1) is 14.3. The monoisotopic (exact) mass is 414 g/mol. The van der Waals surface area contributed by atoms with E-state index in [9.17, 15) is 23.2 Å². The number of hydrogen-bond donors (Lipinski definition) is 1. The second-order valence-corrected chi connectivity index (χ2v) is 6.79. The molecule has 156 valence electrons. The van der Waals surface area contributed by atoms with Gasteiger partial charge in [0.2, 0.25) is 5.69 Å². The predicted molar refractivity (Wildman–Crippen MR) is 107 cm³/mol. The van der Waals surface area contributed by atoms with E-state index in [1.165, 1.54) is 42.5 Å². The molecule has 30 heavy (non-hydrogen) atoms. The van der Waals surface area contributed by atoms with Crippen molar-refractivity contribution < 1.29 is 13.6 Å². The molecule has 0 saturated heterocycles. The molecule has 1 N–H and O–H groups in total. The van der Waals surface area contributed by atoms with Crippen LogP contribution in [-0.2, 0) is 6.54 Å². The maximum Gasteiger partial charge on any atom is 0.352 e. The number of hydrogen-bond acceptors (Lipinski definition) is 4. The molecule has 0 spiro atoms. The number of halogens is 2. The third-order valence-electron chi connectivity index (χ3n) is 4.60. The Morgan fingerprint density at radius 1 is 1.10 bits per heavy atom. The highest BCUT2D eigenvalue weighted by molar-refractivity contribution is 5.91. The van der Waals surface area contributed by atoms with Gasteiger partial charge in [-0.3, -0.25) is 14.2 Å². The van der Waals surface area contributed by atoms with Crippen LogP contribution in [0.25, 0.3) is 5.69 Å². The lowest BCUT2D eigenvalue weighted by Gasteiger charge is -2.14. The van der Waals surface area contributed by atoms with Gasteiger partial charge in [0, 0.05) is 6.04 Å². The number of para-hydroxylation sites is 1. The van der Waals surface area contributed by atoms with Gasteiger partial charge >= 0.3 is 5.69 Å². The van der Waals surface area contributed by atoms with Gasteiger partial charge in [0.05, 0.1) is 6.54 Å². The molecule has 9 heteroatoms. The van der Waals surface area contributed by atoms with Crippen molar-refractivity contribution in [2.24, 2.45) is 0 Å². The van der Waals surface area contributed by atoms with Crippen LogP contribution in [0.1, 0.15) is 36.3 Å². The van der Waals surface area contributed by atoms with E-state index in [2.05, 4.69) is 10.4 Å². The fourth-order valence-corrected chi connectivity index (χ4v) is 2.74. The largest absolute Gasteiger partial charge is 0.352 e. The summed E-state index contributed by atoms with van der Waals surface area (Å²) < 4.78 is 29.0. The normalized spacial score (nSPS) is 11.9. The zero-order valence-electron chi connectivity index (χ0n) is 16.4. The maximum atomic E-state index is 14.3. The van der Waals surface area contributed by atoms with Crippen molar-refractivity contribution in [3.8, 4) is 5.69 Å². The molecule has 1 heterocycles. The highest BCUT2D eigenvalue weighted by Gasteiger charge is 2.22. The van der Waals surface area contributed by atoms with Gasteiger partial charge in [-0.15, -0.1) is 0 Å². The maximum absolute atomic E-state index is 14.3. The number of amides is 1. The third kappa shape index (κ3) is 4.35. The summed E-state index contributed by atoms with van der Waals surface area (Å²) in [5.41, 5.74) is -2.13. The number of aromatic nitrogens is 3. The first-order valence-electron chi connectivity index (χ1n) is 9.36. The molecule has 0 saturated carbocycles. The number of nitrogens with one attached hydrogen (secondary N) is 1. The van der Waals surface area contributed by atoms with E-state index in [1.807, 2.05) is 6.92 Å². The Morgan fingerprint density at radius 3 is 2.40 bits per heavy atom.